The maximum absolute atomic E-state index is 12.7. The molecule has 1 aromatic carbocycles. The van der Waals surface area contributed by atoms with Gasteiger partial charge in [0.1, 0.15) is 11.8 Å². The first-order valence-electron chi connectivity index (χ1n) is 8.50. The van der Waals surface area contributed by atoms with Gasteiger partial charge in [0.2, 0.25) is 5.91 Å². The van der Waals surface area contributed by atoms with Gasteiger partial charge in [-0.25, -0.2) is 0 Å². The minimum Gasteiger partial charge on any atom is -0.494 e. The zero-order valence-electron chi connectivity index (χ0n) is 14.6. The number of hydrogen-bond acceptors (Lipinski definition) is 4. The predicted molar refractivity (Wildman–Crippen MR) is 92.9 cm³/mol. The maximum atomic E-state index is 12.7. The molecule has 2 rings (SSSR count). The Morgan fingerprint density at radius 3 is 2.50 bits per heavy atom. The summed E-state index contributed by atoms with van der Waals surface area (Å²) in [5.74, 6) is 0.406. The lowest BCUT2D eigenvalue weighted by Gasteiger charge is -2.26. The molecule has 0 radical (unpaired) electrons. The van der Waals surface area contributed by atoms with Crippen molar-refractivity contribution in [2.45, 2.75) is 39.3 Å². The highest BCUT2D eigenvalue weighted by atomic mass is 16.5. The number of rotatable bonds is 6. The molecule has 24 heavy (non-hydrogen) atoms. The molecule has 1 aromatic rings. The van der Waals surface area contributed by atoms with Crippen molar-refractivity contribution >= 4 is 11.8 Å². The van der Waals surface area contributed by atoms with Gasteiger partial charge in [-0.3, -0.25) is 9.59 Å². The monoisotopic (exact) mass is 333 g/mol. The lowest BCUT2D eigenvalue weighted by molar-refractivity contribution is -0.133. The number of carbonyl (C=O) groups excluding carboxylic acids is 2. The van der Waals surface area contributed by atoms with Gasteiger partial charge in [-0.1, -0.05) is 13.8 Å². The largest absolute Gasteiger partial charge is 0.494 e. The number of likely N-dealkylation sites (tertiary alicyclic amines) is 1. The van der Waals surface area contributed by atoms with Crippen LogP contribution in [-0.4, -0.2) is 48.5 Å². The number of benzene rings is 1. The Kier molecular flexibility index (Phi) is 6.20. The third-order valence-corrected chi connectivity index (χ3v) is 4.18. The normalized spacial score (nSPS) is 18.5. The molecule has 132 valence electrons. The standard InChI is InChI=1S/C18H27N3O3/c1-4-24-15-7-5-13(6-8-15)17(22)20-16(12(2)3)18(23)21-10-9-14(19)11-21/h5-8,12,14,16H,4,9-11,19H2,1-3H3,(H,20,22)/t14-,16?/m1/s1. The first-order chi connectivity index (χ1) is 11.4. The van der Waals surface area contributed by atoms with E-state index in [0.29, 0.717) is 25.3 Å². The summed E-state index contributed by atoms with van der Waals surface area (Å²) in [6, 6.07) is 6.40. The van der Waals surface area contributed by atoms with Crippen LogP contribution in [0, 0.1) is 5.92 Å². The second-order valence-corrected chi connectivity index (χ2v) is 6.49. The summed E-state index contributed by atoms with van der Waals surface area (Å²) in [4.78, 5) is 26.9. The molecule has 0 aromatic heterocycles. The quantitative estimate of drug-likeness (QED) is 0.824. The van der Waals surface area contributed by atoms with Crippen LogP contribution in [0.2, 0.25) is 0 Å². The fourth-order valence-electron chi connectivity index (χ4n) is 2.79. The van der Waals surface area contributed by atoms with E-state index < -0.39 is 6.04 Å². The number of hydrogen-bond donors (Lipinski definition) is 2. The van der Waals surface area contributed by atoms with Crippen molar-refractivity contribution in [1.29, 1.82) is 0 Å². The van der Waals surface area contributed by atoms with Crippen LogP contribution in [0.25, 0.3) is 0 Å². The van der Waals surface area contributed by atoms with E-state index in [1.807, 2.05) is 20.8 Å². The molecule has 0 saturated carbocycles. The second kappa shape index (κ2) is 8.15. The van der Waals surface area contributed by atoms with Gasteiger partial charge in [-0.15, -0.1) is 0 Å². The van der Waals surface area contributed by atoms with Gasteiger partial charge in [0.25, 0.3) is 5.91 Å². The average Bonchev–Trinajstić information content (AvgIpc) is 2.99. The minimum atomic E-state index is -0.547. The van der Waals surface area contributed by atoms with Gasteiger partial charge in [0, 0.05) is 24.7 Å². The van der Waals surface area contributed by atoms with Crippen molar-refractivity contribution in [2.24, 2.45) is 11.7 Å². The lowest BCUT2D eigenvalue weighted by Crippen LogP contribution is -2.51. The van der Waals surface area contributed by atoms with Crippen molar-refractivity contribution in [3.05, 3.63) is 29.8 Å². The fourth-order valence-corrected chi connectivity index (χ4v) is 2.79. The van der Waals surface area contributed by atoms with E-state index in [4.69, 9.17) is 10.5 Å². The molecule has 2 amide bonds. The molecular weight excluding hydrogens is 306 g/mol. The molecule has 2 atom stereocenters. The summed E-state index contributed by atoms with van der Waals surface area (Å²) < 4.78 is 5.37. The number of carbonyl (C=O) groups is 2. The summed E-state index contributed by atoms with van der Waals surface area (Å²) in [5.41, 5.74) is 6.39. The van der Waals surface area contributed by atoms with Gasteiger partial charge in [-0.2, -0.15) is 0 Å². The smallest absolute Gasteiger partial charge is 0.251 e. The molecule has 0 bridgehead atoms. The van der Waals surface area contributed by atoms with Gasteiger partial charge in [-0.05, 0) is 43.5 Å². The first kappa shape index (κ1) is 18.3. The zero-order valence-corrected chi connectivity index (χ0v) is 14.6. The van der Waals surface area contributed by atoms with E-state index in [-0.39, 0.29) is 23.8 Å². The topological polar surface area (TPSA) is 84.7 Å². The summed E-state index contributed by atoms with van der Waals surface area (Å²) in [6.45, 7) is 7.55. The second-order valence-electron chi connectivity index (χ2n) is 6.49. The van der Waals surface area contributed by atoms with Crippen molar-refractivity contribution in [3.8, 4) is 5.75 Å². The van der Waals surface area contributed by atoms with Crippen molar-refractivity contribution in [3.63, 3.8) is 0 Å². The summed E-state index contributed by atoms with van der Waals surface area (Å²) in [6.07, 6.45) is 0.809. The van der Waals surface area contributed by atoms with Gasteiger partial charge >= 0.3 is 0 Å². The Morgan fingerprint density at radius 1 is 1.33 bits per heavy atom. The van der Waals surface area contributed by atoms with Crippen LogP contribution in [0.4, 0.5) is 0 Å². The Bertz CT molecular complexity index is 571. The van der Waals surface area contributed by atoms with E-state index in [2.05, 4.69) is 5.32 Å². The Balaban J connectivity index is 2.04. The minimum absolute atomic E-state index is 0.000900. The number of nitrogens with zero attached hydrogens (tertiary/aromatic N) is 1. The van der Waals surface area contributed by atoms with Gasteiger partial charge in [0.15, 0.2) is 0 Å². The number of nitrogens with two attached hydrogens (primary N) is 1. The van der Waals surface area contributed by atoms with Crippen LogP contribution in [0.15, 0.2) is 24.3 Å². The molecule has 6 nitrogen and oxygen atoms in total. The van der Waals surface area contributed by atoms with Gasteiger partial charge < -0.3 is 20.7 Å². The van der Waals surface area contributed by atoms with E-state index in [1.54, 1.807) is 29.2 Å². The molecule has 0 spiro atoms. The van der Waals surface area contributed by atoms with Crippen LogP contribution >= 0.6 is 0 Å². The Hall–Kier alpha value is -2.08. The van der Waals surface area contributed by atoms with Crippen LogP contribution < -0.4 is 15.8 Å². The molecular formula is C18H27N3O3. The molecule has 1 unspecified atom stereocenters. The van der Waals surface area contributed by atoms with Crippen LogP contribution in [0.3, 0.4) is 0 Å². The van der Waals surface area contributed by atoms with E-state index in [1.165, 1.54) is 0 Å². The third kappa shape index (κ3) is 4.47. The molecule has 3 N–H and O–H groups in total. The highest BCUT2D eigenvalue weighted by Gasteiger charge is 2.32. The molecule has 1 aliphatic heterocycles. The highest BCUT2D eigenvalue weighted by molar-refractivity contribution is 5.97. The van der Waals surface area contributed by atoms with Crippen molar-refractivity contribution in [2.75, 3.05) is 19.7 Å². The number of amides is 2. The highest BCUT2D eigenvalue weighted by Crippen LogP contribution is 2.15. The molecule has 1 aliphatic rings. The van der Waals surface area contributed by atoms with Crippen LogP contribution in [-0.2, 0) is 4.79 Å². The lowest BCUT2D eigenvalue weighted by atomic mass is 10.0. The maximum Gasteiger partial charge on any atom is 0.251 e. The molecule has 1 fully saturated rings. The Labute approximate surface area is 143 Å². The Morgan fingerprint density at radius 2 is 2.00 bits per heavy atom. The molecule has 1 heterocycles. The average molecular weight is 333 g/mol. The van der Waals surface area contributed by atoms with E-state index >= 15 is 0 Å². The fraction of sp³-hybridized carbons (Fsp3) is 0.556. The summed E-state index contributed by atoms with van der Waals surface area (Å²) >= 11 is 0. The van der Waals surface area contributed by atoms with Gasteiger partial charge in [0.05, 0.1) is 6.61 Å². The molecule has 1 saturated heterocycles. The third-order valence-electron chi connectivity index (χ3n) is 4.18. The molecule has 0 aliphatic carbocycles. The summed E-state index contributed by atoms with van der Waals surface area (Å²) in [7, 11) is 0. The first-order valence-corrected chi connectivity index (χ1v) is 8.50. The van der Waals surface area contributed by atoms with Crippen molar-refractivity contribution < 1.29 is 14.3 Å². The van der Waals surface area contributed by atoms with Crippen LogP contribution in [0.1, 0.15) is 37.6 Å². The number of nitrogens with one attached hydrogen (secondary N) is 1. The van der Waals surface area contributed by atoms with E-state index in [0.717, 1.165) is 12.2 Å². The van der Waals surface area contributed by atoms with Crippen molar-refractivity contribution in [1.82, 2.24) is 10.2 Å². The predicted octanol–water partition coefficient (Wildman–Crippen LogP) is 1.40. The summed E-state index contributed by atoms with van der Waals surface area (Å²) in [5, 5.41) is 2.86. The number of ether oxygens (including phenoxy) is 1. The van der Waals surface area contributed by atoms with E-state index in [9.17, 15) is 9.59 Å². The van der Waals surface area contributed by atoms with Crippen LogP contribution in [0.5, 0.6) is 5.75 Å². The SMILES string of the molecule is CCOc1ccc(C(=O)NC(C(=O)N2CC[C@@H](N)C2)C(C)C)cc1. The molecule has 6 heteroatoms. The zero-order chi connectivity index (χ0) is 17.7.